The number of halogens is 1. The number of methoxy groups -OCH3 is 1. The van der Waals surface area contributed by atoms with Crippen LogP contribution in [0.15, 0.2) is 29.4 Å². The van der Waals surface area contributed by atoms with Crippen molar-refractivity contribution < 1.29 is 4.74 Å². The van der Waals surface area contributed by atoms with Crippen LogP contribution in [-0.4, -0.2) is 46.9 Å². The maximum Gasteiger partial charge on any atom is 0.191 e. The fraction of sp³-hybridized carbons (Fsp3) is 0.588. The Morgan fingerprint density at radius 1 is 1.28 bits per heavy atom. The molecule has 0 bridgehead atoms. The van der Waals surface area contributed by atoms with Crippen molar-refractivity contribution in [2.24, 2.45) is 10.4 Å². The van der Waals surface area contributed by atoms with Gasteiger partial charge in [0.25, 0.3) is 0 Å². The largest absolute Gasteiger partial charge is 0.379 e. The van der Waals surface area contributed by atoms with Crippen LogP contribution in [-0.2, 0) is 11.3 Å². The molecule has 0 aromatic carbocycles. The van der Waals surface area contributed by atoms with Crippen LogP contribution in [0.3, 0.4) is 0 Å². The third-order valence-corrected chi connectivity index (χ3v) is 3.81. The topological polar surface area (TPSA) is 75.8 Å². The van der Waals surface area contributed by atoms with Crippen molar-refractivity contribution in [3.63, 3.8) is 0 Å². The van der Waals surface area contributed by atoms with Crippen molar-refractivity contribution >= 4 is 35.6 Å². The van der Waals surface area contributed by atoms with Crippen LogP contribution >= 0.6 is 24.0 Å². The van der Waals surface area contributed by atoms with Gasteiger partial charge in [0.15, 0.2) is 17.4 Å². The van der Waals surface area contributed by atoms with Crippen LogP contribution in [0.1, 0.15) is 33.5 Å². The fourth-order valence-corrected chi connectivity index (χ4v) is 2.42. The minimum absolute atomic E-state index is 0. The number of nitrogens with zero attached hydrogens (tertiary/aromatic N) is 4. The molecule has 0 radical (unpaired) electrons. The van der Waals surface area contributed by atoms with Gasteiger partial charge in [-0.15, -0.1) is 34.2 Å². The highest BCUT2D eigenvalue weighted by Gasteiger charge is 2.24. The van der Waals surface area contributed by atoms with Crippen LogP contribution in [0.25, 0.3) is 5.65 Å². The molecule has 25 heavy (non-hydrogen) atoms. The van der Waals surface area contributed by atoms with E-state index in [2.05, 4.69) is 46.6 Å². The molecule has 0 spiro atoms. The lowest BCUT2D eigenvalue weighted by Gasteiger charge is -2.30. The van der Waals surface area contributed by atoms with E-state index in [1.54, 1.807) is 7.11 Å². The Morgan fingerprint density at radius 2 is 2.04 bits per heavy atom. The maximum atomic E-state index is 5.58. The zero-order chi connectivity index (χ0) is 17.6. The highest BCUT2D eigenvalue weighted by molar-refractivity contribution is 14.0. The molecule has 2 aromatic heterocycles. The molecule has 2 rings (SSSR count). The summed E-state index contributed by atoms with van der Waals surface area (Å²) in [6.45, 7) is 10.5. The number of rotatable bonds is 6. The van der Waals surface area contributed by atoms with E-state index in [1.807, 2.05) is 35.7 Å². The molecular weight excluding hydrogens is 431 g/mol. The second-order valence-corrected chi connectivity index (χ2v) is 6.71. The number of hydrogen-bond donors (Lipinski definition) is 2. The second-order valence-electron chi connectivity index (χ2n) is 6.71. The van der Waals surface area contributed by atoms with E-state index < -0.39 is 0 Å². The van der Waals surface area contributed by atoms with E-state index in [4.69, 9.17) is 4.74 Å². The Balaban J connectivity index is 0.00000312. The molecular formula is C17H29IN6O. The van der Waals surface area contributed by atoms with Crippen molar-refractivity contribution in [1.29, 1.82) is 0 Å². The molecule has 8 heteroatoms. The summed E-state index contributed by atoms with van der Waals surface area (Å²) in [6, 6.07) is 5.83. The van der Waals surface area contributed by atoms with E-state index in [1.165, 1.54) is 0 Å². The van der Waals surface area contributed by atoms with E-state index in [0.29, 0.717) is 13.1 Å². The first-order valence-corrected chi connectivity index (χ1v) is 8.29. The predicted octanol–water partition coefficient (Wildman–Crippen LogP) is 2.46. The highest BCUT2D eigenvalue weighted by atomic mass is 127. The summed E-state index contributed by atoms with van der Waals surface area (Å²) in [5.41, 5.74) is 0.885. The van der Waals surface area contributed by atoms with E-state index in [0.717, 1.165) is 24.0 Å². The van der Waals surface area contributed by atoms with Gasteiger partial charge < -0.3 is 15.4 Å². The summed E-state index contributed by atoms with van der Waals surface area (Å²) >= 11 is 0. The number of ether oxygens (including phenoxy) is 1. The standard InChI is InChI=1S/C17H28N6O.HI/c1-6-18-16(19-11-13(24-5)17(2,3)4)20-12-15-22-21-14-9-7-8-10-23(14)15;/h7-10,13H,6,11-12H2,1-5H3,(H2,18,19,20);1H. The highest BCUT2D eigenvalue weighted by Crippen LogP contribution is 2.20. The van der Waals surface area contributed by atoms with Gasteiger partial charge in [-0.2, -0.15) is 0 Å². The Kier molecular flexibility index (Phi) is 8.57. The molecule has 0 saturated carbocycles. The number of aliphatic imine (C=N–C) groups is 1. The molecule has 140 valence electrons. The van der Waals surface area contributed by atoms with Gasteiger partial charge in [0.05, 0.1) is 6.10 Å². The van der Waals surface area contributed by atoms with Crippen LogP contribution < -0.4 is 10.6 Å². The fourth-order valence-electron chi connectivity index (χ4n) is 2.42. The van der Waals surface area contributed by atoms with Crippen molar-refractivity contribution in [1.82, 2.24) is 25.2 Å². The zero-order valence-corrected chi connectivity index (χ0v) is 17.9. The second kappa shape index (κ2) is 9.91. The molecule has 1 unspecified atom stereocenters. The Bertz CT molecular complexity index is 679. The lowest BCUT2D eigenvalue weighted by molar-refractivity contribution is 0.0205. The molecule has 1 atom stereocenters. The summed E-state index contributed by atoms with van der Waals surface area (Å²) in [4.78, 5) is 4.61. The Morgan fingerprint density at radius 3 is 2.68 bits per heavy atom. The SMILES string of the molecule is CCNC(=NCc1nnc2ccccn12)NCC(OC)C(C)(C)C.I. The van der Waals surface area contributed by atoms with Crippen LogP contribution in [0.5, 0.6) is 0 Å². The van der Waals surface area contributed by atoms with Gasteiger partial charge in [-0.3, -0.25) is 4.40 Å². The first-order valence-electron chi connectivity index (χ1n) is 8.29. The predicted molar refractivity (Wildman–Crippen MR) is 111 cm³/mol. The Labute approximate surface area is 166 Å². The third-order valence-electron chi connectivity index (χ3n) is 3.81. The molecule has 2 heterocycles. The zero-order valence-electron chi connectivity index (χ0n) is 15.6. The van der Waals surface area contributed by atoms with Crippen LogP contribution in [0.2, 0.25) is 0 Å². The average molecular weight is 460 g/mol. The third kappa shape index (κ3) is 6.10. The first kappa shape index (κ1) is 21.6. The molecule has 0 amide bonds. The number of nitrogens with one attached hydrogen (secondary N) is 2. The van der Waals surface area contributed by atoms with Crippen molar-refractivity contribution in [2.45, 2.75) is 40.3 Å². The van der Waals surface area contributed by atoms with Gasteiger partial charge in [0.2, 0.25) is 0 Å². The molecule has 0 saturated heterocycles. The lowest BCUT2D eigenvalue weighted by atomic mass is 9.89. The van der Waals surface area contributed by atoms with Gasteiger partial charge in [-0.1, -0.05) is 26.8 Å². The quantitative estimate of drug-likeness (QED) is 0.394. The van der Waals surface area contributed by atoms with Gasteiger partial charge >= 0.3 is 0 Å². The first-order chi connectivity index (χ1) is 11.5. The molecule has 2 aromatic rings. The van der Waals surface area contributed by atoms with Crippen molar-refractivity contribution in [2.75, 3.05) is 20.2 Å². The molecule has 7 nitrogen and oxygen atoms in total. The monoisotopic (exact) mass is 460 g/mol. The number of hydrogen-bond acceptors (Lipinski definition) is 4. The normalized spacial score (nSPS) is 13.4. The summed E-state index contributed by atoms with van der Waals surface area (Å²) < 4.78 is 7.52. The average Bonchev–Trinajstić information content (AvgIpc) is 2.95. The minimum atomic E-state index is 0. The summed E-state index contributed by atoms with van der Waals surface area (Å²) in [7, 11) is 1.74. The van der Waals surface area contributed by atoms with Gasteiger partial charge in [-0.05, 0) is 24.5 Å². The van der Waals surface area contributed by atoms with Crippen LogP contribution in [0.4, 0.5) is 0 Å². The van der Waals surface area contributed by atoms with Crippen molar-refractivity contribution in [3.8, 4) is 0 Å². The summed E-state index contributed by atoms with van der Waals surface area (Å²) in [5, 5.41) is 14.9. The minimum Gasteiger partial charge on any atom is -0.379 e. The molecule has 0 aliphatic carbocycles. The van der Waals surface area contributed by atoms with E-state index in [9.17, 15) is 0 Å². The number of pyridine rings is 1. The lowest BCUT2D eigenvalue weighted by Crippen LogP contribution is -2.45. The van der Waals surface area contributed by atoms with E-state index in [-0.39, 0.29) is 35.5 Å². The Hall–Kier alpha value is -1.42. The van der Waals surface area contributed by atoms with E-state index >= 15 is 0 Å². The molecule has 2 N–H and O–H groups in total. The summed E-state index contributed by atoms with van der Waals surface area (Å²) in [5.74, 6) is 1.55. The summed E-state index contributed by atoms with van der Waals surface area (Å²) in [6.07, 6.45) is 2.04. The van der Waals surface area contributed by atoms with Gasteiger partial charge in [0.1, 0.15) is 6.54 Å². The van der Waals surface area contributed by atoms with Gasteiger partial charge in [0, 0.05) is 26.4 Å². The maximum absolute atomic E-state index is 5.58. The van der Waals surface area contributed by atoms with Gasteiger partial charge in [-0.25, -0.2) is 4.99 Å². The number of guanidine groups is 1. The molecule has 0 fully saturated rings. The smallest absolute Gasteiger partial charge is 0.191 e. The van der Waals surface area contributed by atoms with Crippen molar-refractivity contribution in [3.05, 3.63) is 30.2 Å². The molecule has 0 aliphatic heterocycles. The molecule has 0 aliphatic rings. The number of aromatic nitrogens is 3. The van der Waals surface area contributed by atoms with Crippen LogP contribution in [0, 0.1) is 5.41 Å². The number of fused-ring (bicyclic) bond motifs is 1.